The third kappa shape index (κ3) is 4.23. The lowest BCUT2D eigenvalue weighted by Gasteiger charge is -2.18. The van der Waals surface area contributed by atoms with Crippen molar-refractivity contribution in [3.8, 4) is 0 Å². The van der Waals surface area contributed by atoms with Gasteiger partial charge in [0.2, 0.25) is 0 Å². The summed E-state index contributed by atoms with van der Waals surface area (Å²) in [5, 5.41) is 3.71. The molecule has 0 saturated heterocycles. The lowest BCUT2D eigenvalue weighted by Crippen LogP contribution is -2.29. The maximum absolute atomic E-state index is 12.2. The smallest absolute Gasteiger partial charge is 0.251 e. The second-order valence-corrected chi connectivity index (χ2v) is 5.82. The van der Waals surface area contributed by atoms with Crippen molar-refractivity contribution >= 4 is 29.1 Å². The zero-order valence-electron chi connectivity index (χ0n) is 12.4. The highest BCUT2D eigenvalue weighted by Gasteiger charge is 2.15. The molecule has 22 heavy (non-hydrogen) atoms. The standard InChI is InChI=1S/C17H17Cl2NO2/c1-11-5-3-4-6-15(11)16(22-2)10-20-17(21)12-7-13(18)9-14(19)8-12/h3-9,16H,10H2,1-2H3,(H,20,21). The predicted octanol–water partition coefficient (Wildman–Crippen LogP) is 4.42. The molecule has 0 aromatic heterocycles. The first-order valence-corrected chi connectivity index (χ1v) is 7.59. The molecule has 2 aromatic carbocycles. The van der Waals surface area contributed by atoms with Crippen molar-refractivity contribution < 1.29 is 9.53 Å². The van der Waals surface area contributed by atoms with Crippen molar-refractivity contribution in [1.82, 2.24) is 5.32 Å². The number of carbonyl (C=O) groups is 1. The Kier molecular flexibility index (Phi) is 5.83. The molecule has 116 valence electrons. The van der Waals surface area contributed by atoms with E-state index >= 15 is 0 Å². The molecule has 1 atom stereocenters. The number of aryl methyl sites for hydroxylation is 1. The van der Waals surface area contributed by atoms with Gasteiger partial charge in [0.1, 0.15) is 0 Å². The fraction of sp³-hybridized carbons (Fsp3) is 0.235. The third-order valence-electron chi connectivity index (χ3n) is 3.39. The molecule has 0 fully saturated rings. The first kappa shape index (κ1) is 16.8. The van der Waals surface area contributed by atoms with Crippen molar-refractivity contribution in [2.24, 2.45) is 0 Å². The van der Waals surface area contributed by atoms with Crippen LogP contribution < -0.4 is 5.32 Å². The monoisotopic (exact) mass is 337 g/mol. The molecule has 2 rings (SSSR count). The van der Waals surface area contributed by atoms with Crippen molar-refractivity contribution in [2.75, 3.05) is 13.7 Å². The summed E-state index contributed by atoms with van der Waals surface area (Å²) in [6.07, 6.45) is -0.209. The van der Waals surface area contributed by atoms with Crippen LogP contribution in [-0.2, 0) is 4.74 Å². The van der Waals surface area contributed by atoms with Gasteiger partial charge in [-0.2, -0.15) is 0 Å². The van der Waals surface area contributed by atoms with Crippen molar-refractivity contribution in [3.05, 3.63) is 69.2 Å². The summed E-state index contributed by atoms with van der Waals surface area (Å²) in [5.41, 5.74) is 2.60. The van der Waals surface area contributed by atoms with Gasteiger partial charge in [0.05, 0.1) is 6.10 Å². The third-order valence-corrected chi connectivity index (χ3v) is 3.83. The Morgan fingerprint density at radius 1 is 1.18 bits per heavy atom. The molecule has 3 nitrogen and oxygen atoms in total. The summed E-state index contributed by atoms with van der Waals surface area (Å²) < 4.78 is 5.48. The van der Waals surface area contributed by atoms with E-state index in [9.17, 15) is 4.79 Å². The van der Waals surface area contributed by atoms with Crippen LogP contribution in [0.15, 0.2) is 42.5 Å². The maximum Gasteiger partial charge on any atom is 0.251 e. The van der Waals surface area contributed by atoms with Gasteiger partial charge in [-0.05, 0) is 36.2 Å². The Balaban J connectivity index is 2.07. The molecule has 2 aromatic rings. The van der Waals surface area contributed by atoms with Crippen LogP contribution in [0.25, 0.3) is 0 Å². The molecule has 5 heteroatoms. The molecule has 1 amide bonds. The largest absolute Gasteiger partial charge is 0.375 e. The Labute approximate surface area is 140 Å². The van der Waals surface area contributed by atoms with E-state index < -0.39 is 0 Å². The van der Waals surface area contributed by atoms with E-state index in [4.69, 9.17) is 27.9 Å². The van der Waals surface area contributed by atoms with Crippen molar-refractivity contribution in [2.45, 2.75) is 13.0 Å². The normalized spacial score (nSPS) is 12.0. The van der Waals surface area contributed by atoms with Gasteiger partial charge in [0.25, 0.3) is 5.91 Å². The summed E-state index contributed by atoms with van der Waals surface area (Å²) in [7, 11) is 1.62. The number of benzene rings is 2. The molecule has 0 saturated carbocycles. The van der Waals surface area contributed by atoms with Crippen LogP contribution in [0.1, 0.15) is 27.6 Å². The summed E-state index contributed by atoms with van der Waals surface area (Å²) in [5.74, 6) is -0.236. The van der Waals surface area contributed by atoms with Crippen LogP contribution in [0.2, 0.25) is 10.0 Å². The number of hydrogen-bond acceptors (Lipinski definition) is 2. The summed E-state index contributed by atoms with van der Waals surface area (Å²) in [6.45, 7) is 2.38. The highest BCUT2D eigenvalue weighted by molar-refractivity contribution is 6.35. The fourth-order valence-corrected chi connectivity index (χ4v) is 2.77. The number of hydrogen-bond donors (Lipinski definition) is 1. The number of halogens is 2. The van der Waals surface area contributed by atoms with Crippen LogP contribution in [0.4, 0.5) is 0 Å². The first-order valence-electron chi connectivity index (χ1n) is 6.84. The lowest BCUT2D eigenvalue weighted by molar-refractivity contribution is 0.0826. The topological polar surface area (TPSA) is 38.3 Å². The van der Waals surface area contributed by atoms with E-state index in [1.807, 2.05) is 31.2 Å². The Bertz CT molecular complexity index is 653. The Morgan fingerprint density at radius 3 is 2.41 bits per heavy atom. The molecule has 1 N–H and O–H groups in total. The Hall–Kier alpha value is -1.55. The average molecular weight is 338 g/mol. The van der Waals surface area contributed by atoms with Gasteiger partial charge in [0, 0.05) is 29.3 Å². The number of rotatable bonds is 5. The number of carbonyl (C=O) groups excluding carboxylic acids is 1. The highest BCUT2D eigenvalue weighted by Crippen LogP contribution is 2.21. The lowest BCUT2D eigenvalue weighted by atomic mass is 10.0. The Morgan fingerprint density at radius 2 is 1.82 bits per heavy atom. The van der Waals surface area contributed by atoms with E-state index in [-0.39, 0.29) is 12.0 Å². The van der Waals surface area contributed by atoms with E-state index in [1.54, 1.807) is 25.3 Å². The molecule has 0 spiro atoms. The number of ether oxygens (including phenoxy) is 1. The van der Waals surface area contributed by atoms with Gasteiger partial charge in [-0.3, -0.25) is 4.79 Å². The average Bonchev–Trinajstić information content (AvgIpc) is 2.48. The van der Waals surface area contributed by atoms with Crippen LogP contribution in [-0.4, -0.2) is 19.6 Å². The second-order valence-electron chi connectivity index (χ2n) is 4.95. The van der Waals surface area contributed by atoms with Crippen molar-refractivity contribution in [1.29, 1.82) is 0 Å². The predicted molar refractivity (Wildman–Crippen MR) is 89.7 cm³/mol. The highest BCUT2D eigenvalue weighted by atomic mass is 35.5. The van der Waals surface area contributed by atoms with Gasteiger partial charge < -0.3 is 10.1 Å². The van der Waals surface area contributed by atoms with Gasteiger partial charge in [-0.25, -0.2) is 0 Å². The van der Waals surface area contributed by atoms with E-state index in [2.05, 4.69) is 5.32 Å². The zero-order valence-corrected chi connectivity index (χ0v) is 13.9. The van der Waals surface area contributed by atoms with E-state index in [0.717, 1.165) is 11.1 Å². The van der Waals surface area contributed by atoms with Gasteiger partial charge in [-0.1, -0.05) is 47.5 Å². The van der Waals surface area contributed by atoms with Gasteiger partial charge in [-0.15, -0.1) is 0 Å². The zero-order chi connectivity index (χ0) is 16.1. The molecule has 0 aliphatic rings. The molecule has 0 aliphatic carbocycles. The van der Waals surface area contributed by atoms with Gasteiger partial charge >= 0.3 is 0 Å². The molecular weight excluding hydrogens is 321 g/mol. The minimum atomic E-state index is -0.236. The van der Waals surface area contributed by atoms with Crippen LogP contribution in [0.5, 0.6) is 0 Å². The number of amides is 1. The van der Waals surface area contributed by atoms with Crippen LogP contribution in [0.3, 0.4) is 0 Å². The van der Waals surface area contributed by atoms with Gasteiger partial charge in [0.15, 0.2) is 0 Å². The second kappa shape index (κ2) is 7.63. The molecule has 0 heterocycles. The number of methoxy groups -OCH3 is 1. The van der Waals surface area contributed by atoms with Crippen molar-refractivity contribution in [3.63, 3.8) is 0 Å². The molecule has 0 aliphatic heterocycles. The SMILES string of the molecule is COC(CNC(=O)c1cc(Cl)cc(Cl)c1)c1ccccc1C. The molecular formula is C17H17Cl2NO2. The summed E-state index contributed by atoms with van der Waals surface area (Å²) >= 11 is 11.8. The first-order chi connectivity index (χ1) is 10.5. The molecule has 0 radical (unpaired) electrons. The minimum absolute atomic E-state index is 0.209. The van der Waals surface area contributed by atoms with E-state index in [0.29, 0.717) is 22.2 Å². The maximum atomic E-state index is 12.2. The summed E-state index contributed by atoms with van der Waals surface area (Å²) in [4.78, 5) is 12.2. The summed E-state index contributed by atoms with van der Waals surface area (Å²) in [6, 6.07) is 12.7. The fourth-order valence-electron chi connectivity index (χ4n) is 2.24. The quantitative estimate of drug-likeness (QED) is 0.876. The van der Waals surface area contributed by atoms with Crippen LogP contribution in [0, 0.1) is 6.92 Å². The molecule has 1 unspecified atom stereocenters. The van der Waals surface area contributed by atoms with E-state index in [1.165, 1.54) is 0 Å². The molecule has 0 bridgehead atoms. The van der Waals surface area contributed by atoms with Crippen LogP contribution >= 0.6 is 23.2 Å². The minimum Gasteiger partial charge on any atom is -0.375 e. The number of nitrogens with one attached hydrogen (secondary N) is 1.